The molecule has 0 bridgehead atoms. The minimum Gasteiger partial charge on any atom is -0.487 e. The number of hydrogen-bond donors (Lipinski definition) is 0. The van der Waals surface area contributed by atoms with Crippen LogP contribution in [0.25, 0.3) is 22.6 Å². The first kappa shape index (κ1) is 51.7. The molecule has 64 heavy (non-hydrogen) atoms. The van der Waals surface area contributed by atoms with Crippen LogP contribution in [0.4, 0.5) is 123 Å². The van der Waals surface area contributed by atoms with Crippen LogP contribution < -0.4 is 9.47 Å². The van der Waals surface area contributed by atoms with Crippen LogP contribution in [0.2, 0.25) is 0 Å². The summed E-state index contributed by atoms with van der Waals surface area (Å²) in [5.41, 5.74) is -2.92. The fourth-order valence-electron chi connectivity index (χ4n) is 5.04. The first-order chi connectivity index (χ1) is 28.3. The monoisotopic (exact) mass is 991 g/mol. The van der Waals surface area contributed by atoms with Gasteiger partial charge in [-0.15, -0.1) is 0 Å². The van der Waals surface area contributed by atoms with Crippen molar-refractivity contribution in [3.05, 3.63) is 54.5 Å². The maximum absolute atomic E-state index is 15.1. The number of aromatic nitrogens is 3. The van der Waals surface area contributed by atoms with Crippen molar-refractivity contribution < 1.29 is 132 Å². The van der Waals surface area contributed by atoms with Crippen LogP contribution in [-0.4, -0.2) is 99.2 Å². The van der Waals surface area contributed by atoms with Gasteiger partial charge < -0.3 is 9.47 Å². The molecule has 1 aromatic carbocycles. The molecule has 0 aliphatic carbocycles. The van der Waals surface area contributed by atoms with Crippen molar-refractivity contribution in [2.24, 2.45) is 0 Å². The molecule has 0 radical (unpaired) electrons. The fraction of sp³-hybridized carbons (Fsp3) is 0.516. The van der Waals surface area contributed by atoms with Gasteiger partial charge in [0, 0.05) is 18.0 Å². The minimum atomic E-state index is -8.31. The predicted molar refractivity (Wildman–Crippen MR) is 151 cm³/mol. The van der Waals surface area contributed by atoms with E-state index in [4.69, 9.17) is 0 Å². The first-order valence-electron chi connectivity index (χ1n) is 15.8. The van der Waals surface area contributed by atoms with Crippen LogP contribution in [0.15, 0.2) is 48.8 Å². The van der Waals surface area contributed by atoms with Gasteiger partial charge in [0.05, 0.1) is 6.42 Å². The third-order valence-electron chi connectivity index (χ3n) is 8.77. The third-order valence-corrected chi connectivity index (χ3v) is 8.77. The van der Waals surface area contributed by atoms with Gasteiger partial charge in [-0.3, -0.25) is 0 Å². The Bertz CT molecular complexity index is 2170. The van der Waals surface area contributed by atoms with Crippen molar-refractivity contribution in [1.82, 2.24) is 15.0 Å². The normalized spacial score (nSPS) is 17.6. The van der Waals surface area contributed by atoms with E-state index >= 15 is 8.78 Å². The lowest BCUT2D eigenvalue weighted by Crippen LogP contribution is -2.70. The average Bonchev–Trinajstić information content (AvgIpc) is 3.40. The first-order valence-corrected chi connectivity index (χ1v) is 15.8. The van der Waals surface area contributed by atoms with Gasteiger partial charge in [-0.2, -0.15) is 123 Å². The number of benzene rings is 1. The zero-order chi connectivity index (χ0) is 49.7. The zero-order valence-corrected chi connectivity index (χ0v) is 29.4. The van der Waals surface area contributed by atoms with Crippen molar-refractivity contribution in [3.63, 3.8) is 0 Å². The van der Waals surface area contributed by atoms with E-state index in [1.807, 2.05) is 0 Å². The summed E-state index contributed by atoms with van der Waals surface area (Å²) in [5, 5.41) is 0. The summed E-state index contributed by atoms with van der Waals surface area (Å²) in [6.45, 7) is -3.05. The SMILES string of the molecule is FC1(F)c2nc(-c3ncc(-c4ccc(OCC(F)(F)C(F)(F)C(F)(F)C(F)(F)C(F)(F)C(F)(F)F)cc4)cn3)ccc2OC1CC(F)(F)C(F)(F)C(F)(F)C(F)(F)C(F)(F)C(F)(F)F. The number of nitrogens with zero attached hydrogens (tertiary/aromatic N) is 3. The van der Waals surface area contributed by atoms with E-state index in [0.717, 1.165) is 24.5 Å². The molecule has 0 N–H and O–H groups in total. The molecule has 0 spiro atoms. The summed E-state index contributed by atoms with van der Waals surface area (Å²) in [7, 11) is 0. The predicted octanol–water partition coefficient (Wildman–Crippen LogP) is 12.3. The number of halogens is 28. The number of fused-ring (bicyclic) bond motifs is 1. The van der Waals surface area contributed by atoms with Crippen molar-refractivity contribution in [1.29, 1.82) is 0 Å². The van der Waals surface area contributed by atoms with Crippen molar-refractivity contribution in [2.75, 3.05) is 6.61 Å². The molecule has 2 aromatic heterocycles. The lowest BCUT2D eigenvalue weighted by atomic mass is 9.90. The quantitative estimate of drug-likeness (QED) is 0.142. The number of hydrogen-bond acceptors (Lipinski definition) is 5. The van der Waals surface area contributed by atoms with E-state index in [0.29, 0.717) is 24.3 Å². The lowest BCUT2D eigenvalue weighted by molar-refractivity contribution is -0.441. The van der Waals surface area contributed by atoms with E-state index in [9.17, 15) is 114 Å². The number of pyridine rings is 1. The maximum atomic E-state index is 15.1. The Labute approximate surface area is 333 Å². The van der Waals surface area contributed by atoms with Crippen molar-refractivity contribution >= 4 is 0 Å². The smallest absolute Gasteiger partial charge is 0.460 e. The molecule has 5 nitrogen and oxygen atoms in total. The summed E-state index contributed by atoms with van der Waals surface area (Å²) in [4.78, 5) is 10.5. The summed E-state index contributed by atoms with van der Waals surface area (Å²) in [6, 6.07) is 3.73. The molecule has 0 fully saturated rings. The summed E-state index contributed by atoms with van der Waals surface area (Å²) < 4.78 is 387. The van der Waals surface area contributed by atoms with Gasteiger partial charge in [0.1, 0.15) is 17.2 Å². The molecule has 0 amide bonds. The highest BCUT2D eigenvalue weighted by Crippen LogP contribution is 2.63. The standard InChI is InChI=1S/C31H13F28N3O2/c32-19(33,22(38,39)24(42,43)26(46,47)28(50,51)30(54,55)56)7-16-21(36,37)17-15(64-16)6-5-14(62-17)18-60-8-12(9-61-18)11-1-3-13(4-2-11)63-10-20(34,35)23(40,41)25(44,45)27(48,49)29(52,53)31(57,58)59/h1-6,8-9,16H,7,10H2. The van der Waals surface area contributed by atoms with Crippen molar-refractivity contribution in [3.8, 4) is 34.1 Å². The van der Waals surface area contributed by atoms with E-state index < -0.39 is 125 Å². The van der Waals surface area contributed by atoms with E-state index in [1.165, 1.54) is 0 Å². The molecule has 1 atom stereocenters. The van der Waals surface area contributed by atoms with Gasteiger partial charge >= 0.3 is 77.5 Å². The molecule has 1 aliphatic rings. The molecular formula is C31H13F28N3O2. The van der Waals surface area contributed by atoms with Gasteiger partial charge in [0.2, 0.25) is 0 Å². The Balaban J connectivity index is 1.50. The zero-order valence-electron chi connectivity index (χ0n) is 29.4. The van der Waals surface area contributed by atoms with Crippen molar-refractivity contribution in [2.45, 2.75) is 90.0 Å². The average molecular weight is 991 g/mol. The Hall–Kier alpha value is -4.91. The van der Waals surface area contributed by atoms with Gasteiger partial charge in [0.25, 0.3) is 0 Å². The number of rotatable bonds is 15. The molecular weight excluding hydrogens is 978 g/mol. The molecule has 33 heteroatoms. The van der Waals surface area contributed by atoms with Crippen LogP contribution in [0.3, 0.4) is 0 Å². The van der Waals surface area contributed by atoms with Crippen LogP contribution in [0.5, 0.6) is 11.5 Å². The van der Waals surface area contributed by atoms with Crippen LogP contribution >= 0.6 is 0 Å². The fourth-order valence-corrected chi connectivity index (χ4v) is 5.04. The van der Waals surface area contributed by atoms with E-state index in [2.05, 4.69) is 24.4 Å². The molecule has 0 saturated carbocycles. The molecule has 360 valence electrons. The molecule has 3 aromatic rings. The minimum absolute atomic E-state index is 0.149. The van der Waals surface area contributed by atoms with Crippen LogP contribution in [-0.2, 0) is 5.92 Å². The highest BCUT2D eigenvalue weighted by atomic mass is 19.4. The second-order valence-electron chi connectivity index (χ2n) is 13.1. The number of ether oxygens (including phenoxy) is 2. The van der Waals surface area contributed by atoms with Gasteiger partial charge in [-0.1, -0.05) is 12.1 Å². The summed E-state index contributed by atoms with van der Waals surface area (Å²) >= 11 is 0. The van der Waals surface area contributed by atoms with Crippen LogP contribution in [0, 0.1) is 0 Å². The third kappa shape index (κ3) is 7.66. The number of alkyl halides is 28. The Morgan fingerprint density at radius 1 is 0.484 bits per heavy atom. The molecule has 1 aliphatic heterocycles. The lowest BCUT2D eigenvalue weighted by Gasteiger charge is -2.40. The second kappa shape index (κ2) is 15.1. The van der Waals surface area contributed by atoms with E-state index in [-0.39, 0.29) is 11.1 Å². The molecule has 3 heterocycles. The van der Waals surface area contributed by atoms with Gasteiger partial charge in [-0.05, 0) is 29.8 Å². The maximum Gasteiger partial charge on any atom is 0.460 e. The largest absolute Gasteiger partial charge is 0.487 e. The molecule has 0 saturated heterocycles. The Morgan fingerprint density at radius 2 is 0.891 bits per heavy atom. The Kier molecular flexibility index (Phi) is 12.2. The van der Waals surface area contributed by atoms with Gasteiger partial charge in [0.15, 0.2) is 24.2 Å². The summed E-state index contributed by atoms with van der Waals surface area (Å²) in [6.07, 6.45) is -21.1. The van der Waals surface area contributed by atoms with Gasteiger partial charge in [-0.25, -0.2) is 15.0 Å². The highest BCUT2D eigenvalue weighted by molar-refractivity contribution is 5.64. The molecule has 1 unspecified atom stereocenters. The second-order valence-corrected chi connectivity index (χ2v) is 13.1. The highest BCUT2D eigenvalue weighted by Gasteiger charge is 2.92. The van der Waals surface area contributed by atoms with E-state index in [1.54, 1.807) is 0 Å². The van der Waals surface area contributed by atoms with Crippen LogP contribution in [0.1, 0.15) is 12.1 Å². The Morgan fingerprint density at radius 3 is 1.31 bits per heavy atom. The molecule has 4 rings (SSSR count). The topological polar surface area (TPSA) is 57.1 Å². The summed E-state index contributed by atoms with van der Waals surface area (Å²) in [5.74, 6) is -86.1.